The van der Waals surface area contributed by atoms with Crippen LogP contribution < -0.4 is 9.47 Å². The van der Waals surface area contributed by atoms with Crippen molar-refractivity contribution in [2.45, 2.75) is 25.7 Å². The Morgan fingerprint density at radius 1 is 0.857 bits per heavy atom. The molecule has 1 aliphatic rings. The molecule has 2 rings (SSSR count). The zero-order valence-electron chi connectivity index (χ0n) is 8.80. The molecular formula is C12H16O2. The Bertz CT molecular complexity index is 287. The van der Waals surface area contributed by atoms with Gasteiger partial charge in [0.05, 0.1) is 14.2 Å². The first-order valence-electron chi connectivity index (χ1n) is 5.09. The summed E-state index contributed by atoms with van der Waals surface area (Å²) in [5.74, 6) is 1.71. The lowest BCUT2D eigenvalue weighted by Gasteiger charge is -2.18. The third-order valence-corrected chi connectivity index (χ3v) is 2.85. The minimum Gasteiger partial charge on any atom is -0.493 e. The van der Waals surface area contributed by atoms with Gasteiger partial charge in [-0.25, -0.2) is 0 Å². The third-order valence-electron chi connectivity index (χ3n) is 2.85. The highest BCUT2D eigenvalue weighted by Gasteiger charge is 2.13. The van der Waals surface area contributed by atoms with E-state index in [0.717, 1.165) is 11.5 Å². The molecule has 0 fully saturated rings. The maximum absolute atomic E-state index is 5.28. The van der Waals surface area contributed by atoms with E-state index in [1.165, 1.54) is 36.8 Å². The Morgan fingerprint density at radius 2 is 1.29 bits per heavy atom. The summed E-state index contributed by atoms with van der Waals surface area (Å²) < 4.78 is 10.6. The van der Waals surface area contributed by atoms with E-state index < -0.39 is 0 Å². The predicted octanol–water partition coefficient (Wildman–Crippen LogP) is 2.58. The number of benzene rings is 1. The molecule has 2 nitrogen and oxygen atoms in total. The molecule has 0 N–H and O–H groups in total. The lowest BCUT2D eigenvalue weighted by molar-refractivity contribution is 0.353. The molecule has 76 valence electrons. The predicted molar refractivity (Wildman–Crippen MR) is 56.2 cm³/mol. The summed E-state index contributed by atoms with van der Waals surface area (Å²) in [6.07, 6.45) is 4.94. The number of methoxy groups -OCH3 is 2. The van der Waals surface area contributed by atoms with Gasteiger partial charge in [0.2, 0.25) is 0 Å². The first-order chi connectivity index (χ1) is 6.85. The molecule has 0 radical (unpaired) electrons. The highest BCUT2D eigenvalue weighted by Crippen LogP contribution is 2.33. The van der Waals surface area contributed by atoms with Crippen molar-refractivity contribution in [1.29, 1.82) is 0 Å². The number of fused-ring (bicyclic) bond motifs is 1. The molecule has 0 heterocycles. The standard InChI is InChI=1S/C12H16O2/c1-13-11-7-9-5-3-4-6-10(9)8-12(11)14-2/h7-8H,3-6H2,1-2H3. The highest BCUT2D eigenvalue weighted by atomic mass is 16.5. The van der Waals surface area contributed by atoms with Crippen LogP contribution in [0.25, 0.3) is 0 Å². The van der Waals surface area contributed by atoms with Crippen molar-refractivity contribution in [3.63, 3.8) is 0 Å². The molecule has 1 aromatic carbocycles. The Labute approximate surface area is 84.8 Å². The molecule has 0 aromatic heterocycles. The van der Waals surface area contributed by atoms with Gasteiger partial charge in [0.15, 0.2) is 11.5 Å². The fraction of sp³-hybridized carbons (Fsp3) is 0.500. The highest BCUT2D eigenvalue weighted by molar-refractivity contribution is 5.48. The first kappa shape index (κ1) is 9.38. The van der Waals surface area contributed by atoms with E-state index in [0.29, 0.717) is 0 Å². The molecular weight excluding hydrogens is 176 g/mol. The van der Waals surface area contributed by atoms with Crippen LogP contribution in [0.4, 0.5) is 0 Å². The average Bonchev–Trinajstić information content (AvgIpc) is 2.27. The van der Waals surface area contributed by atoms with E-state index >= 15 is 0 Å². The van der Waals surface area contributed by atoms with Crippen molar-refractivity contribution < 1.29 is 9.47 Å². The fourth-order valence-electron chi connectivity index (χ4n) is 2.06. The maximum atomic E-state index is 5.28. The van der Waals surface area contributed by atoms with Crippen LogP contribution in [0.5, 0.6) is 11.5 Å². The Morgan fingerprint density at radius 3 is 1.64 bits per heavy atom. The zero-order valence-corrected chi connectivity index (χ0v) is 8.80. The molecule has 2 heteroatoms. The lowest BCUT2D eigenvalue weighted by atomic mass is 9.91. The van der Waals surface area contributed by atoms with Crippen LogP contribution >= 0.6 is 0 Å². The van der Waals surface area contributed by atoms with Crippen LogP contribution in [-0.4, -0.2) is 14.2 Å². The molecule has 0 atom stereocenters. The molecule has 1 aliphatic carbocycles. The van der Waals surface area contributed by atoms with E-state index in [9.17, 15) is 0 Å². The second kappa shape index (κ2) is 3.91. The first-order valence-corrected chi connectivity index (χ1v) is 5.09. The van der Waals surface area contributed by atoms with Crippen molar-refractivity contribution in [3.8, 4) is 11.5 Å². The average molecular weight is 192 g/mol. The summed E-state index contributed by atoms with van der Waals surface area (Å²) in [5, 5.41) is 0. The van der Waals surface area contributed by atoms with E-state index in [4.69, 9.17) is 9.47 Å². The van der Waals surface area contributed by atoms with Crippen LogP contribution in [0.15, 0.2) is 12.1 Å². The molecule has 0 saturated heterocycles. The van der Waals surface area contributed by atoms with Gasteiger partial charge in [-0.3, -0.25) is 0 Å². The minimum absolute atomic E-state index is 0.855. The van der Waals surface area contributed by atoms with Crippen LogP contribution in [0, 0.1) is 0 Å². The number of rotatable bonds is 2. The van der Waals surface area contributed by atoms with Crippen molar-refractivity contribution in [1.82, 2.24) is 0 Å². The van der Waals surface area contributed by atoms with Gasteiger partial charge >= 0.3 is 0 Å². The maximum Gasteiger partial charge on any atom is 0.161 e. The van der Waals surface area contributed by atoms with Crippen molar-refractivity contribution >= 4 is 0 Å². The largest absolute Gasteiger partial charge is 0.493 e. The second-order valence-electron chi connectivity index (χ2n) is 3.68. The van der Waals surface area contributed by atoms with Gasteiger partial charge in [0.25, 0.3) is 0 Å². The summed E-state index contributed by atoms with van der Waals surface area (Å²) in [5.41, 5.74) is 2.85. The molecule has 14 heavy (non-hydrogen) atoms. The summed E-state index contributed by atoms with van der Waals surface area (Å²) in [7, 11) is 3.38. The zero-order chi connectivity index (χ0) is 9.97. The Hall–Kier alpha value is -1.18. The van der Waals surface area contributed by atoms with Gasteiger partial charge in [-0.05, 0) is 48.9 Å². The van der Waals surface area contributed by atoms with Gasteiger partial charge in [-0.2, -0.15) is 0 Å². The number of hydrogen-bond acceptors (Lipinski definition) is 2. The van der Waals surface area contributed by atoms with E-state index in [2.05, 4.69) is 12.1 Å². The summed E-state index contributed by atoms with van der Waals surface area (Å²) in [4.78, 5) is 0. The lowest BCUT2D eigenvalue weighted by Crippen LogP contribution is -2.04. The quantitative estimate of drug-likeness (QED) is 0.717. The van der Waals surface area contributed by atoms with Gasteiger partial charge in [0.1, 0.15) is 0 Å². The molecule has 1 aromatic rings. The topological polar surface area (TPSA) is 18.5 Å². The number of ether oxygens (including phenoxy) is 2. The molecule has 0 aliphatic heterocycles. The van der Waals surface area contributed by atoms with Gasteiger partial charge < -0.3 is 9.47 Å². The monoisotopic (exact) mass is 192 g/mol. The van der Waals surface area contributed by atoms with Crippen LogP contribution in [0.1, 0.15) is 24.0 Å². The smallest absolute Gasteiger partial charge is 0.161 e. The van der Waals surface area contributed by atoms with Crippen molar-refractivity contribution in [3.05, 3.63) is 23.3 Å². The molecule has 0 unspecified atom stereocenters. The summed E-state index contributed by atoms with van der Waals surface area (Å²) >= 11 is 0. The second-order valence-corrected chi connectivity index (χ2v) is 3.68. The van der Waals surface area contributed by atoms with Crippen molar-refractivity contribution in [2.75, 3.05) is 14.2 Å². The third kappa shape index (κ3) is 1.57. The molecule has 0 amide bonds. The van der Waals surface area contributed by atoms with Gasteiger partial charge in [-0.15, -0.1) is 0 Å². The Kier molecular flexibility index (Phi) is 2.62. The molecule has 0 bridgehead atoms. The van der Waals surface area contributed by atoms with E-state index in [1.54, 1.807) is 14.2 Å². The van der Waals surface area contributed by atoms with E-state index in [1.807, 2.05) is 0 Å². The van der Waals surface area contributed by atoms with Crippen molar-refractivity contribution in [2.24, 2.45) is 0 Å². The summed E-state index contributed by atoms with van der Waals surface area (Å²) in [6, 6.07) is 4.24. The Balaban J connectivity index is 2.43. The van der Waals surface area contributed by atoms with Gasteiger partial charge in [-0.1, -0.05) is 0 Å². The number of hydrogen-bond donors (Lipinski definition) is 0. The molecule has 0 spiro atoms. The van der Waals surface area contributed by atoms with Crippen LogP contribution in [-0.2, 0) is 12.8 Å². The molecule has 0 saturated carbocycles. The number of aryl methyl sites for hydroxylation is 2. The van der Waals surface area contributed by atoms with Crippen LogP contribution in [0.3, 0.4) is 0 Å². The minimum atomic E-state index is 0.855. The van der Waals surface area contributed by atoms with E-state index in [-0.39, 0.29) is 0 Å². The van der Waals surface area contributed by atoms with Gasteiger partial charge in [0, 0.05) is 0 Å². The summed E-state index contributed by atoms with van der Waals surface area (Å²) in [6.45, 7) is 0. The fourth-order valence-corrected chi connectivity index (χ4v) is 2.06. The SMILES string of the molecule is COc1cc2c(cc1OC)CCCC2. The van der Waals surface area contributed by atoms with Crippen LogP contribution in [0.2, 0.25) is 0 Å². The normalized spacial score (nSPS) is 14.7.